The minimum Gasteiger partial charge on any atom is -0.493 e. The quantitative estimate of drug-likeness (QED) is 0.0626. The number of benzene rings is 5. The van der Waals surface area contributed by atoms with Gasteiger partial charge in [0.25, 0.3) is 11.8 Å². The molecule has 4 aliphatic heterocycles. The maximum absolute atomic E-state index is 14.1. The Balaban J connectivity index is 0.939. The second-order valence-corrected chi connectivity index (χ2v) is 18.3. The predicted octanol–water partition coefficient (Wildman–Crippen LogP) is 6.14. The smallest absolute Gasteiger partial charge is 0.261 e. The molecule has 0 saturated carbocycles. The highest BCUT2D eigenvalue weighted by molar-refractivity contribution is 6.15. The number of aliphatic imine (C=N–C) groups is 1. The van der Waals surface area contributed by atoms with Crippen molar-refractivity contribution in [3.8, 4) is 23.0 Å². The predicted molar refractivity (Wildman–Crippen MR) is 271 cm³/mol. The van der Waals surface area contributed by atoms with Crippen molar-refractivity contribution in [2.24, 2.45) is 10.7 Å². The fourth-order valence-electron chi connectivity index (χ4n) is 9.54. The van der Waals surface area contributed by atoms with Crippen molar-refractivity contribution in [2.45, 2.75) is 89.8 Å². The van der Waals surface area contributed by atoms with Crippen molar-refractivity contribution in [3.05, 3.63) is 124 Å². The number of hydrogen-bond donors (Lipinski definition) is 5. The van der Waals surface area contributed by atoms with E-state index < -0.39 is 29.8 Å². The van der Waals surface area contributed by atoms with Crippen LogP contribution in [-0.4, -0.2) is 86.6 Å². The van der Waals surface area contributed by atoms with Crippen LogP contribution < -0.4 is 55.7 Å². The molecule has 0 spiro atoms. The normalized spacial score (nSPS) is 16.7. The average molecular weight is 977 g/mol. The summed E-state index contributed by atoms with van der Waals surface area (Å²) >= 11 is 0. The van der Waals surface area contributed by atoms with E-state index in [4.69, 9.17) is 29.7 Å². The summed E-state index contributed by atoms with van der Waals surface area (Å²) in [5.41, 5.74) is 12.6. The van der Waals surface area contributed by atoms with Crippen LogP contribution in [0, 0.1) is 0 Å². The first kappa shape index (κ1) is 48.6. The summed E-state index contributed by atoms with van der Waals surface area (Å²) < 4.78 is 24.4. The van der Waals surface area contributed by atoms with Crippen LogP contribution >= 0.6 is 0 Å². The van der Waals surface area contributed by atoms with Gasteiger partial charge in [-0.1, -0.05) is 36.4 Å². The number of nitrogens with one attached hydrogen (secondary N) is 4. The molecule has 0 unspecified atom stereocenters. The Morgan fingerprint density at radius 3 is 1.99 bits per heavy atom. The first-order chi connectivity index (χ1) is 34.8. The van der Waals surface area contributed by atoms with E-state index in [2.05, 4.69) is 21.3 Å². The van der Waals surface area contributed by atoms with Crippen molar-refractivity contribution in [1.29, 1.82) is 0 Å². The Bertz CT molecular complexity index is 3010. The van der Waals surface area contributed by atoms with Crippen molar-refractivity contribution < 1.29 is 47.7 Å². The molecule has 0 aliphatic carbocycles. The molecular formula is C54H56N8O10. The molecule has 6 N–H and O–H groups in total. The van der Waals surface area contributed by atoms with E-state index in [9.17, 15) is 28.8 Å². The lowest BCUT2D eigenvalue weighted by atomic mass is 10.1. The number of rotatable bonds is 18. The number of hydrogen-bond acceptors (Lipinski definition) is 12. The summed E-state index contributed by atoms with van der Waals surface area (Å²) in [4.78, 5) is 86.8. The van der Waals surface area contributed by atoms with Crippen LogP contribution in [0.1, 0.15) is 82.5 Å². The molecule has 0 saturated heterocycles. The number of anilines is 4. The summed E-state index contributed by atoms with van der Waals surface area (Å²) in [7, 11) is 3.00. The monoisotopic (exact) mass is 976 g/mol. The summed E-state index contributed by atoms with van der Waals surface area (Å²) in [5, 5.41) is 11.6. The molecule has 5 aromatic rings. The van der Waals surface area contributed by atoms with Crippen LogP contribution in [0.25, 0.3) is 0 Å². The number of unbranched alkanes of at least 4 members (excludes halogenated alkanes) is 1. The van der Waals surface area contributed by atoms with E-state index in [1.165, 1.54) is 28.1 Å². The van der Waals surface area contributed by atoms with Gasteiger partial charge in [-0.2, -0.15) is 0 Å². The van der Waals surface area contributed by atoms with Crippen LogP contribution in [0.2, 0.25) is 0 Å². The third-order valence-electron chi connectivity index (χ3n) is 13.2. The van der Waals surface area contributed by atoms with E-state index >= 15 is 0 Å². The number of nitrogens with zero attached hydrogens (tertiary/aromatic N) is 3. The minimum absolute atomic E-state index is 0.00620. The number of primary amides is 1. The van der Waals surface area contributed by atoms with E-state index in [1.54, 1.807) is 47.5 Å². The first-order valence-electron chi connectivity index (χ1n) is 23.9. The molecule has 4 aliphatic rings. The maximum Gasteiger partial charge on any atom is 0.261 e. The third-order valence-corrected chi connectivity index (χ3v) is 13.2. The molecule has 4 heterocycles. The zero-order valence-electron chi connectivity index (χ0n) is 40.4. The first-order valence-corrected chi connectivity index (χ1v) is 23.9. The van der Waals surface area contributed by atoms with E-state index in [0.717, 1.165) is 28.9 Å². The topological polar surface area (TPSA) is 232 Å². The number of methoxy groups -OCH3 is 2. The van der Waals surface area contributed by atoms with E-state index in [1.807, 2.05) is 59.5 Å². The number of ether oxygens (including phenoxy) is 4. The third kappa shape index (κ3) is 10.2. The van der Waals surface area contributed by atoms with Gasteiger partial charge in [-0.3, -0.25) is 38.7 Å². The van der Waals surface area contributed by atoms with Crippen LogP contribution in [0.5, 0.6) is 23.0 Å². The van der Waals surface area contributed by atoms with E-state index in [0.29, 0.717) is 88.1 Å². The Morgan fingerprint density at radius 1 is 0.708 bits per heavy atom. The van der Waals surface area contributed by atoms with Crippen LogP contribution in [-0.2, 0) is 45.2 Å². The molecule has 372 valence electrons. The highest BCUT2D eigenvalue weighted by atomic mass is 16.5. The van der Waals surface area contributed by atoms with Crippen LogP contribution in [0.15, 0.2) is 96.0 Å². The van der Waals surface area contributed by atoms with Crippen LogP contribution in [0.4, 0.5) is 28.4 Å². The number of carbonyl (C=O) groups is 6. The molecule has 5 aromatic carbocycles. The Labute approximate surface area is 416 Å². The van der Waals surface area contributed by atoms with Gasteiger partial charge >= 0.3 is 0 Å². The van der Waals surface area contributed by atoms with Crippen molar-refractivity contribution in [3.63, 3.8) is 0 Å². The van der Waals surface area contributed by atoms with Gasteiger partial charge in [0.1, 0.15) is 25.3 Å². The number of amides is 6. The van der Waals surface area contributed by atoms with Gasteiger partial charge in [-0.15, -0.1) is 0 Å². The number of nitrogens with two attached hydrogens (primary N) is 1. The molecule has 0 radical (unpaired) electrons. The summed E-state index contributed by atoms with van der Waals surface area (Å²) in [6.45, 7) is 3.54. The lowest BCUT2D eigenvalue weighted by molar-refractivity contribution is -0.130. The van der Waals surface area contributed by atoms with Crippen molar-refractivity contribution in [1.82, 2.24) is 10.6 Å². The molecule has 0 aromatic heterocycles. The second-order valence-electron chi connectivity index (χ2n) is 18.3. The summed E-state index contributed by atoms with van der Waals surface area (Å²) in [5.74, 6) is -0.889. The Hall–Kier alpha value is -8.41. The Morgan fingerprint density at radius 2 is 1.31 bits per heavy atom. The second kappa shape index (κ2) is 20.9. The van der Waals surface area contributed by atoms with E-state index in [-0.39, 0.29) is 55.9 Å². The molecular weight excluding hydrogens is 921 g/mol. The number of carbonyl (C=O) groups excluding carboxylic acids is 6. The maximum atomic E-state index is 14.1. The molecule has 18 nitrogen and oxygen atoms in total. The molecule has 6 amide bonds. The fourth-order valence-corrected chi connectivity index (χ4v) is 9.54. The van der Waals surface area contributed by atoms with Crippen LogP contribution in [0.3, 0.4) is 0 Å². The standard InChI is InChI=1S/C54H56N8O10/c1-30(58-50(64)16-10-9-15-49(55)63)51(65)59-31(2)52(66)60-36-18-32(28-71-47-24-41-39(22-45(47)69-3)53(67)61-37(26-56-41)20-34-11-5-7-13-43(34)61)17-33(19-36)29-72-48-25-42-40(23-46(48)70-4)54(68)62-38(27-57-42)21-35-12-6-8-14-44(35)62/h5-8,11-14,17-19,22-26,30-31,37-38,57H,9-10,15-16,20-21,27-29H2,1-4H3,(H2,55,63)(H,58,64)(H,59,65)(H,60,66)/t30-,31+,37+,38+/m1/s1. The molecule has 18 heteroatoms. The zero-order chi connectivity index (χ0) is 50.6. The van der Waals surface area contributed by atoms with Gasteiger partial charge in [0.15, 0.2) is 23.0 Å². The van der Waals surface area contributed by atoms with Gasteiger partial charge in [0.05, 0.1) is 48.8 Å². The van der Waals surface area contributed by atoms with Gasteiger partial charge in [-0.05, 0) is 97.8 Å². The highest BCUT2D eigenvalue weighted by Gasteiger charge is 2.39. The SMILES string of the molecule is COc1cc2c(cc1OCc1cc(COc3cc4c(cc3OC)C(=O)N3c5ccccc5C[C@H]3CN4)cc(NC(=O)[C@H](C)NC(=O)[C@@H](C)NC(=O)CCCCC(N)=O)c1)N=C[C@@H]1Cc3ccccc3N1C2=O. The molecule has 9 rings (SSSR count). The number of fused-ring (bicyclic) bond motifs is 8. The van der Waals surface area contributed by atoms with Crippen molar-refractivity contribution in [2.75, 3.05) is 41.2 Å². The fraction of sp³-hybridized carbons (Fsp3) is 0.315. The highest BCUT2D eigenvalue weighted by Crippen LogP contribution is 2.43. The molecule has 72 heavy (non-hydrogen) atoms. The van der Waals surface area contributed by atoms with Gasteiger partial charge in [0.2, 0.25) is 23.6 Å². The molecule has 0 fully saturated rings. The lowest BCUT2D eigenvalue weighted by Crippen LogP contribution is -2.50. The van der Waals surface area contributed by atoms with Crippen molar-refractivity contribution >= 4 is 70.1 Å². The summed E-state index contributed by atoms with van der Waals surface area (Å²) in [6.07, 6.45) is 4.32. The zero-order valence-corrected chi connectivity index (χ0v) is 40.4. The minimum atomic E-state index is -1.02. The van der Waals surface area contributed by atoms with Gasteiger partial charge < -0.3 is 50.8 Å². The molecule has 0 bridgehead atoms. The molecule has 4 atom stereocenters. The largest absolute Gasteiger partial charge is 0.493 e. The average Bonchev–Trinajstić information content (AvgIpc) is 3.86. The van der Waals surface area contributed by atoms with Gasteiger partial charge in [-0.25, -0.2) is 0 Å². The number of para-hydroxylation sites is 2. The lowest BCUT2D eigenvalue weighted by Gasteiger charge is -2.22. The van der Waals surface area contributed by atoms with Gasteiger partial charge in [0, 0.05) is 61.2 Å². The summed E-state index contributed by atoms with van der Waals surface area (Å²) in [6, 6.07) is 25.5. The Kier molecular flexibility index (Phi) is 14.1.